The molecule has 7 heteroatoms. The summed E-state index contributed by atoms with van der Waals surface area (Å²) in [5.74, 6) is 2.92. The second kappa shape index (κ2) is 11.8. The van der Waals surface area contributed by atoms with Crippen molar-refractivity contribution in [3.05, 3.63) is 46.5 Å². The molecule has 2 rings (SSSR count). The number of thiophene rings is 1. The second-order valence-electron chi connectivity index (χ2n) is 4.47. The molecule has 0 fully saturated rings. The summed E-state index contributed by atoms with van der Waals surface area (Å²) in [6.07, 6.45) is 4.67. The molecule has 0 aliphatic heterocycles. The number of halogens is 1. The molecule has 2 heterocycles. The maximum atomic E-state index is 5.33. The van der Waals surface area contributed by atoms with Crippen molar-refractivity contribution in [3.8, 4) is 0 Å². The number of nitrogens with zero attached hydrogens (tertiary/aromatic N) is 1. The molecule has 0 aromatic carbocycles. The van der Waals surface area contributed by atoms with Gasteiger partial charge in [-0.2, -0.15) is 23.1 Å². The molecule has 22 heavy (non-hydrogen) atoms. The molecule has 0 unspecified atom stereocenters. The molecule has 0 bridgehead atoms. The van der Waals surface area contributed by atoms with Gasteiger partial charge in [0, 0.05) is 25.3 Å². The first-order valence-electron chi connectivity index (χ1n) is 6.93. The van der Waals surface area contributed by atoms with Crippen molar-refractivity contribution in [1.82, 2.24) is 10.6 Å². The van der Waals surface area contributed by atoms with Crippen LogP contribution in [0.5, 0.6) is 0 Å². The second-order valence-corrected chi connectivity index (χ2v) is 6.24. The number of hydrogen-bond acceptors (Lipinski definition) is 4. The zero-order valence-corrected chi connectivity index (χ0v) is 16.5. The maximum Gasteiger partial charge on any atom is 0.191 e. The van der Waals surface area contributed by atoms with E-state index in [4.69, 9.17) is 4.42 Å². The van der Waals surface area contributed by atoms with Crippen molar-refractivity contribution in [1.29, 1.82) is 0 Å². The first-order chi connectivity index (χ1) is 10.4. The third-order valence-corrected chi connectivity index (χ3v) is 4.19. The third-order valence-electron chi connectivity index (χ3n) is 2.84. The van der Waals surface area contributed by atoms with Gasteiger partial charge in [0.05, 0.1) is 12.8 Å². The molecule has 0 aliphatic carbocycles. The SMILES string of the molecule is CSCCNC(=NCc1ccsc1)NCCc1ccco1.I. The predicted molar refractivity (Wildman–Crippen MR) is 108 cm³/mol. The first-order valence-corrected chi connectivity index (χ1v) is 9.26. The Hall–Kier alpha value is -0.670. The molecule has 122 valence electrons. The molecule has 0 amide bonds. The Labute approximate surface area is 157 Å². The van der Waals surface area contributed by atoms with Gasteiger partial charge in [0.25, 0.3) is 0 Å². The summed E-state index contributed by atoms with van der Waals surface area (Å²) in [5, 5.41) is 10.9. The minimum Gasteiger partial charge on any atom is -0.469 e. The van der Waals surface area contributed by atoms with Gasteiger partial charge in [-0.05, 0) is 40.8 Å². The monoisotopic (exact) mass is 451 g/mol. The van der Waals surface area contributed by atoms with E-state index in [1.54, 1.807) is 17.6 Å². The van der Waals surface area contributed by atoms with Gasteiger partial charge in [0.2, 0.25) is 0 Å². The average Bonchev–Trinajstić information content (AvgIpc) is 3.18. The van der Waals surface area contributed by atoms with Crippen molar-refractivity contribution in [2.75, 3.05) is 25.1 Å². The standard InChI is InChI=1S/C15H21N3OS2.HI/c1-20-10-7-17-15(18-11-13-5-9-21-12-13)16-6-4-14-3-2-8-19-14;/h2-3,5,8-9,12H,4,6-7,10-11H2,1H3,(H2,16,17,18);1H. The Morgan fingerprint density at radius 3 is 2.86 bits per heavy atom. The number of guanidine groups is 1. The van der Waals surface area contributed by atoms with Gasteiger partial charge in [0.1, 0.15) is 5.76 Å². The highest BCUT2D eigenvalue weighted by Gasteiger charge is 2.00. The molecule has 0 aliphatic rings. The molecule has 0 saturated carbocycles. The molecular formula is C15H22IN3OS2. The highest BCUT2D eigenvalue weighted by Crippen LogP contribution is 2.06. The molecule has 2 aromatic rings. The predicted octanol–water partition coefficient (Wildman–Crippen LogP) is 3.60. The Kier molecular flexibility index (Phi) is 10.4. The van der Waals surface area contributed by atoms with E-state index >= 15 is 0 Å². The van der Waals surface area contributed by atoms with Crippen molar-refractivity contribution in [2.45, 2.75) is 13.0 Å². The highest BCUT2D eigenvalue weighted by molar-refractivity contribution is 14.0. The average molecular weight is 451 g/mol. The lowest BCUT2D eigenvalue weighted by molar-refractivity contribution is 0.507. The van der Waals surface area contributed by atoms with Crippen LogP contribution in [0.2, 0.25) is 0 Å². The number of hydrogen-bond donors (Lipinski definition) is 2. The zero-order valence-electron chi connectivity index (χ0n) is 12.6. The largest absolute Gasteiger partial charge is 0.469 e. The van der Waals surface area contributed by atoms with Gasteiger partial charge >= 0.3 is 0 Å². The van der Waals surface area contributed by atoms with Crippen LogP contribution in [0.1, 0.15) is 11.3 Å². The van der Waals surface area contributed by atoms with Crippen LogP contribution >= 0.6 is 47.1 Å². The first kappa shape index (κ1) is 19.4. The van der Waals surface area contributed by atoms with Crippen molar-refractivity contribution in [3.63, 3.8) is 0 Å². The Balaban J connectivity index is 0.00000242. The van der Waals surface area contributed by atoms with Crippen LogP contribution in [0.15, 0.2) is 44.6 Å². The maximum absolute atomic E-state index is 5.33. The van der Waals surface area contributed by atoms with Crippen LogP contribution in [0.25, 0.3) is 0 Å². The number of aliphatic imine (C=N–C) groups is 1. The fourth-order valence-electron chi connectivity index (χ4n) is 1.76. The minimum absolute atomic E-state index is 0. The van der Waals surface area contributed by atoms with E-state index in [1.165, 1.54) is 5.56 Å². The van der Waals surface area contributed by atoms with Crippen LogP contribution in [0, 0.1) is 0 Å². The smallest absolute Gasteiger partial charge is 0.191 e. The normalized spacial score (nSPS) is 11.0. The molecule has 2 N–H and O–H groups in total. The summed E-state index contributed by atoms with van der Waals surface area (Å²) in [4.78, 5) is 4.62. The summed E-state index contributed by atoms with van der Waals surface area (Å²) in [6.45, 7) is 2.43. The fourth-order valence-corrected chi connectivity index (χ4v) is 2.72. The summed E-state index contributed by atoms with van der Waals surface area (Å²) in [5.41, 5.74) is 1.25. The van der Waals surface area contributed by atoms with Gasteiger partial charge in [-0.15, -0.1) is 24.0 Å². The molecule has 0 spiro atoms. The summed E-state index contributed by atoms with van der Waals surface area (Å²) in [7, 11) is 0. The van der Waals surface area contributed by atoms with Crippen LogP contribution in [0.4, 0.5) is 0 Å². The van der Waals surface area contributed by atoms with Gasteiger partial charge in [-0.25, -0.2) is 4.99 Å². The number of furan rings is 1. The number of thioether (sulfide) groups is 1. The van der Waals surface area contributed by atoms with Crippen LogP contribution in [0.3, 0.4) is 0 Å². The third kappa shape index (κ3) is 7.55. The molecule has 0 radical (unpaired) electrons. The minimum atomic E-state index is 0. The van der Waals surface area contributed by atoms with Gasteiger partial charge in [0.15, 0.2) is 5.96 Å². The lowest BCUT2D eigenvalue weighted by Gasteiger charge is -2.11. The van der Waals surface area contributed by atoms with Gasteiger partial charge in [-0.1, -0.05) is 0 Å². The topological polar surface area (TPSA) is 49.6 Å². The van der Waals surface area contributed by atoms with Crippen molar-refractivity contribution < 1.29 is 4.42 Å². The van der Waals surface area contributed by atoms with Gasteiger partial charge < -0.3 is 15.1 Å². The van der Waals surface area contributed by atoms with E-state index in [2.05, 4.69) is 38.7 Å². The zero-order chi connectivity index (χ0) is 14.8. The molecular weight excluding hydrogens is 429 g/mol. The van der Waals surface area contributed by atoms with Crippen LogP contribution in [-0.4, -0.2) is 31.1 Å². The molecule has 0 atom stereocenters. The number of nitrogens with one attached hydrogen (secondary N) is 2. The van der Waals surface area contributed by atoms with E-state index in [-0.39, 0.29) is 24.0 Å². The summed E-state index contributed by atoms with van der Waals surface area (Å²) < 4.78 is 5.33. The Morgan fingerprint density at radius 2 is 2.18 bits per heavy atom. The fraction of sp³-hybridized carbons (Fsp3) is 0.400. The van der Waals surface area contributed by atoms with Gasteiger partial charge in [-0.3, -0.25) is 0 Å². The molecule has 2 aromatic heterocycles. The van der Waals surface area contributed by atoms with Crippen LogP contribution < -0.4 is 10.6 Å². The quantitative estimate of drug-likeness (QED) is 0.279. The van der Waals surface area contributed by atoms with Crippen molar-refractivity contribution in [2.24, 2.45) is 4.99 Å². The Bertz CT molecular complexity index is 515. The summed E-state index contributed by atoms with van der Waals surface area (Å²) in [6, 6.07) is 6.01. The van der Waals surface area contributed by atoms with E-state index in [9.17, 15) is 0 Å². The van der Waals surface area contributed by atoms with E-state index in [0.717, 1.165) is 37.0 Å². The lowest BCUT2D eigenvalue weighted by Crippen LogP contribution is -2.39. The molecule has 4 nitrogen and oxygen atoms in total. The number of rotatable bonds is 8. The van der Waals surface area contributed by atoms with E-state index in [0.29, 0.717) is 6.54 Å². The Morgan fingerprint density at radius 1 is 1.32 bits per heavy atom. The van der Waals surface area contributed by atoms with E-state index in [1.807, 2.05) is 23.9 Å². The highest BCUT2D eigenvalue weighted by atomic mass is 127. The van der Waals surface area contributed by atoms with Crippen molar-refractivity contribution >= 4 is 53.0 Å². The summed E-state index contributed by atoms with van der Waals surface area (Å²) >= 11 is 3.53. The van der Waals surface area contributed by atoms with Crippen LogP contribution in [-0.2, 0) is 13.0 Å². The molecule has 0 saturated heterocycles. The lowest BCUT2D eigenvalue weighted by atomic mass is 10.3. The van der Waals surface area contributed by atoms with E-state index < -0.39 is 0 Å².